The highest BCUT2D eigenvalue weighted by molar-refractivity contribution is 5.85. The molecule has 5 heteroatoms. The summed E-state index contributed by atoms with van der Waals surface area (Å²) in [5.74, 6) is 0.610. The number of amides is 3. The van der Waals surface area contributed by atoms with Crippen LogP contribution in [0.15, 0.2) is 0 Å². The lowest BCUT2D eigenvalue weighted by atomic mass is 9.40. The van der Waals surface area contributed by atoms with Crippen molar-refractivity contribution in [2.24, 2.45) is 27.9 Å². The van der Waals surface area contributed by atoms with Crippen molar-refractivity contribution >= 4 is 11.9 Å². The van der Waals surface area contributed by atoms with Crippen molar-refractivity contribution < 1.29 is 9.59 Å². The Bertz CT molecular complexity index is 430. The Kier molecular flexibility index (Phi) is 2.45. The SMILES string of the molecule is C[C@]12CC3CC(C(=O)NNC(N)=O)(C1)C[C@](C)(C3)C2. The van der Waals surface area contributed by atoms with Crippen LogP contribution in [0.5, 0.6) is 0 Å². The van der Waals surface area contributed by atoms with Gasteiger partial charge in [0, 0.05) is 0 Å². The fraction of sp³-hybridized carbons (Fsp3) is 0.857. The van der Waals surface area contributed by atoms with Gasteiger partial charge >= 0.3 is 6.03 Å². The average molecular weight is 265 g/mol. The van der Waals surface area contributed by atoms with Gasteiger partial charge in [-0.1, -0.05) is 13.8 Å². The van der Waals surface area contributed by atoms with Gasteiger partial charge in [-0.25, -0.2) is 10.2 Å². The van der Waals surface area contributed by atoms with Gasteiger partial charge in [0.2, 0.25) is 5.91 Å². The largest absolute Gasteiger partial charge is 0.350 e. The summed E-state index contributed by atoms with van der Waals surface area (Å²) in [5, 5.41) is 0. The van der Waals surface area contributed by atoms with E-state index in [1.807, 2.05) is 0 Å². The first kappa shape index (κ1) is 12.8. The molecule has 4 saturated carbocycles. The molecule has 0 saturated heterocycles. The Morgan fingerprint density at radius 2 is 1.58 bits per heavy atom. The van der Waals surface area contributed by atoms with Crippen molar-refractivity contribution in [3.63, 3.8) is 0 Å². The molecular weight excluding hydrogens is 242 g/mol. The Balaban J connectivity index is 1.84. The van der Waals surface area contributed by atoms with Gasteiger partial charge in [0.05, 0.1) is 5.41 Å². The van der Waals surface area contributed by atoms with Gasteiger partial charge in [0.15, 0.2) is 0 Å². The second-order valence-corrected chi connectivity index (χ2v) is 7.85. The third-order valence-electron chi connectivity index (χ3n) is 5.41. The third kappa shape index (κ3) is 1.99. The van der Waals surface area contributed by atoms with Crippen LogP contribution in [0.1, 0.15) is 52.4 Å². The number of carbonyl (C=O) groups is 2. The van der Waals surface area contributed by atoms with Crippen LogP contribution in [0, 0.1) is 22.2 Å². The van der Waals surface area contributed by atoms with E-state index in [1.54, 1.807) is 0 Å². The van der Waals surface area contributed by atoms with Crippen LogP contribution < -0.4 is 16.6 Å². The lowest BCUT2D eigenvalue weighted by Gasteiger charge is -2.64. The van der Waals surface area contributed by atoms with Crippen molar-refractivity contribution in [1.29, 1.82) is 0 Å². The number of primary amides is 1. The minimum atomic E-state index is -0.712. The van der Waals surface area contributed by atoms with Crippen LogP contribution in [0.2, 0.25) is 0 Å². The predicted octanol–water partition coefficient (Wildman–Crippen LogP) is 1.68. The van der Waals surface area contributed by atoms with Crippen LogP contribution in [0.4, 0.5) is 4.79 Å². The van der Waals surface area contributed by atoms with E-state index in [0.29, 0.717) is 5.92 Å². The minimum absolute atomic E-state index is 0.0483. The van der Waals surface area contributed by atoms with E-state index in [2.05, 4.69) is 24.7 Å². The molecular formula is C14H23N3O2. The number of hydrogen-bond acceptors (Lipinski definition) is 2. The minimum Gasteiger partial charge on any atom is -0.350 e. The summed E-state index contributed by atoms with van der Waals surface area (Å²) in [6.45, 7) is 4.64. The van der Waals surface area contributed by atoms with E-state index < -0.39 is 6.03 Å². The fourth-order valence-corrected chi connectivity index (χ4v) is 5.95. The predicted molar refractivity (Wildman–Crippen MR) is 70.7 cm³/mol. The zero-order valence-corrected chi connectivity index (χ0v) is 11.7. The topological polar surface area (TPSA) is 84.2 Å². The van der Waals surface area contributed by atoms with Crippen molar-refractivity contribution in [1.82, 2.24) is 10.9 Å². The number of hydrogen-bond donors (Lipinski definition) is 3. The molecule has 0 aromatic heterocycles. The molecule has 4 rings (SSSR count). The molecule has 4 bridgehead atoms. The van der Waals surface area contributed by atoms with Gasteiger partial charge in [-0.2, -0.15) is 0 Å². The summed E-state index contributed by atoms with van der Waals surface area (Å²) < 4.78 is 0. The maximum atomic E-state index is 12.5. The Hall–Kier alpha value is -1.26. The lowest BCUT2D eigenvalue weighted by molar-refractivity contribution is -0.170. The molecule has 0 aliphatic heterocycles. The molecule has 5 nitrogen and oxygen atoms in total. The summed E-state index contributed by atoms with van der Waals surface area (Å²) in [4.78, 5) is 23.3. The van der Waals surface area contributed by atoms with E-state index in [-0.39, 0.29) is 22.2 Å². The van der Waals surface area contributed by atoms with Gasteiger partial charge in [-0.05, 0) is 55.3 Å². The highest BCUT2D eigenvalue weighted by Crippen LogP contribution is 2.69. The Labute approximate surface area is 113 Å². The first-order chi connectivity index (χ1) is 8.74. The van der Waals surface area contributed by atoms with E-state index in [4.69, 9.17) is 5.73 Å². The quantitative estimate of drug-likeness (QED) is 0.630. The molecule has 4 aliphatic carbocycles. The number of urea groups is 1. The number of hydrazine groups is 1. The van der Waals surface area contributed by atoms with Gasteiger partial charge in [0.1, 0.15) is 0 Å². The van der Waals surface area contributed by atoms with Gasteiger partial charge < -0.3 is 5.73 Å². The van der Waals surface area contributed by atoms with Crippen LogP contribution in [-0.4, -0.2) is 11.9 Å². The molecule has 0 radical (unpaired) electrons. The number of nitrogens with one attached hydrogen (secondary N) is 2. The van der Waals surface area contributed by atoms with Crippen molar-refractivity contribution in [3.8, 4) is 0 Å². The monoisotopic (exact) mass is 265 g/mol. The molecule has 4 N–H and O–H groups in total. The van der Waals surface area contributed by atoms with Crippen molar-refractivity contribution in [2.75, 3.05) is 0 Å². The number of rotatable bonds is 1. The molecule has 106 valence electrons. The summed E-state index contributed by atoms with van der Waals surface area (Å²) >= 11 is 0. The standard InChI is InChI=1S/C14H23N3O2/c1-12-3-9-4-13(2,6-12)8-14(5-9,7-12)10(18)16-17-11(15)19/h9H,3-8H2,1-2H3,(H,16,18)(H3,15,17,19)/t9?,12-,13-,14?/m1/s1. The van der Waals surface area contributed by atoms with Gasteiger partial charge in [-0.3, -0.25) is 10.2 Å². The molecule has 19 heavy (non-hydrogen) atoms. The zero-order chi connectivity index (χ0) is 13.9. The fourth-order valence-electron chi connectivity index (χ4n) is 5.95. The molecule has 3 amide bonds. The smallest absolute Gasteiger partial charge is 0.330 e. The molecule has 4 aliphatic rings. The summed E-state index contributed by atoms with van der Waals surface area (Å²) in [7, 11) is 0. The number of nitrogens with two attached hydrogens (primary N) is 1. The van der Waals surface area contributed by atoms with E-state index in [0.717, 1.165) is 19.3 Å². The maximum Gasteiger partial charge on any atom is 0.330 e. The average Bonchev–Trinajstić information content (AvgIpc) is 2.20. The molecule has 0 unspecified atom stereocenters. The normalized spacial score (nSPS) is 46.9. The van der Waals surface area contributed by atoms with Crippen molar-refractivity contribution in [3.05, 3.63) is 0 Å². The molecule has 2 atom stereocenters. The second kappa shape index (κ2) is 3.64. The van der Waals surface area contributed by atoms with Crippen LogP contribution in [0.25, 0.3) is 0 Å². The lowest BCUT2D eigenvalue weighted by Crippen LogP contribution is -2.61. The summed E-state index contributed by atoms with van der Waals surface area (Å²) in [6.07, 6.45) is 6.58. The van der Waals surface area contributed by atoms with Gasteiger partial charge in [0.25, 0.3) is 0 Å². The van der Waals surface area contributed by atoms with Crippen LogP contribution in [0.3, 0.4) is 0 Å². The second-order valence-electron chi connectivity index (χ2n) is 7.85. The first-order valence-electron chi connectivity index (χ1n) is 7.10. The highest BCUT2D eigenvalue weighted by atomic mass is 16.2. The zero-order valence-electron chi connectivity index (χ0n) is 11.7. The maximum absolute atomic E-state index is 12.5. The highest BCUT2D eigenvalue weighted by Gasteiger charge is 2.62. The van der Waals surface area contributed by atoms with E-state index >= 15 is 0 Å². The molecule has 0 aromatic carbocycles. The molecule has 0 spiro atoms. The first-order valence-corrected chi connectivity index (χ1v) is 7.10. The Morgan fingerprint density at radius 1 is 1.00 bits per heavy atom. The molecule has 4 fully saturated rings. The van der Waals surface area contributed by atoms with E-state index in [9.17, 15) is 9.59 Å². The van der Waals surface area contributed by atoms with Crippen molar-refractivity contribution in [2.45, 2.75) is 52.4 Å². The van der Waals surface area contributed by atoms with Gasteiger partial charge in [-0.15, -0.1) is 0 Å². The summed E-state index contributed by atoms with van der Waals surface area (Å²) in [6, 6.07) is -0.712. The van der Waals surface area contributed by atoms with Crippen LogP contribution >= 0.6 is 0 Å². The third-order valence-corrected chi connectivity index (χ3v) is 5.41. The Morgan fingerprint density at radius 3 is 2.05 bits per heavy atom. The molecule has 0 heterocycles. The summed E-state index contributed by atoms with van der Waals surface area (Å²) in [5.41, 5.74) is 10.0. The van der Waals surface area contributed by atoms with Crippen LogP contribution in [-0.2, 0) is 4.79 Å². The molecule has 0 aromatic rings. The number of carbonyl (C=O) groups excluding carboxylic acids is 2. The van der Waals surface area contributed by atoms with E-state index in [1.165, 1.54) is 19.3 Å².